The average Bonchev–Trinajstić information content (AvgIpc) is 2.47. The Balaban J connectivity index is 1.91. The van der Waals surface area contributed by atoms with Gasteiger partial charge in [0.1, 0.15) is 0 Å². The largest absolute Gasteiger partial charge is 0.333 e. The molecule has 2 amide bonds. The van der Waals surface area contributed by atoms with Crippen molar-refractivity contribution in [3.63, 3.8) is 0 Å². The molecule has 1 aromatic carbocycles. The molecular weight excluding hydrogens is 266 g/mol. The maximum Gasteiger partial charge on any atom is 0.243 e. The summed E-state index contributed by atoms with van der Waals surface area (Å²) in [7, 11) is 0. The van der Waals surface area contributed by atoms with Crippen LogP contribution in [0.25, 0.3) is 0 Å². The number of benzene rings is 1. The van der Waals surface area contributed by atoms with Crippen LogP contribution in [0.4, 0.5) is 5.69 Å². The third kappa shape index (κ3) is 4.86. The van der Waals surface area contributed by atoms with Crippen molar-refractivity contribution in [3.05, 3.63) is 29.8 Å². The first-order valence-electron chi connectivity index (χ1n) is 7.55. The highest BCUT2D eigenvalue weighted by Gasteiger charge is 2.18. The number of hydrogen-bond donors (Lipinski definition) is 2. The standard InChI is InChI=1S/C16H23N3O2/c17-11-13-6-5-7-14(10-13)18-15(20)12-19-9-4-2-1-3-8-16(19)21/h5-7,10H,1-4,8-9,11-12,17H2,(H,18,20). The second kappa shape index (κ2) is 7.78. The Morgan fingerprint density at radius 3 is 2.86 bits per heavy atom. The average molecular weight is 289 g/mol. The quantitative estimate of drug-likeness (QED) is 0.888. The molecule has 21 heavy (non-hydrogen) atoms. The minimum Gasteiger partial charge on any atom is -0.333 e. The molecule has 1 aliphatic heterocycles. The summed E-state index contributed by atoms with van der Waals surface area (Å²) in [5, 5.41) is 2.83. The Labute approximate surface area is 125 Å². The van der Waals surface area contributed by atoms with E-state index in [0.717, 1.165) is 36.9 Å². The van der Waals surface area contributed by atoms with Crippen LogP contribution >= 0.6 is 0 Å². The second-order valence-electron chi connectivity index (χ2n) is 5.43. The van der Waals surface area contributed by atoms with Crippen molar-refractivity contribution in [2.75, 3.05) is 18.4 Å². The van der Waals surface area contributed by atoms with Crippen LogP contribution in [0.3, 0.4) is 0 Å². The normalized spacial score (nSPS) is 16.2. The molecular formula is C16H23N3O2. The Hall–Kier alpha value is -1.88. The van der Waals surface area contributed by atoms with Gasteiger partial charge in [-0.15, -0.1) is 0 Å². The van der Waals surface area contributed by atoms with Gasteiger partial charge in [-0.2, -0.15) is 0 Å². The summed E-state index contributed by atoms with van der Waals surface area (Å²) in [5.74, 6) is -0.0707. The molecule has 0 spiro atoms. The molecule has 0 atom stereocenters. The van der Waals surface area contributed by atoms with Crippen LogP contribution in [0.5, 0.6) is 0 Å². The first kappa shape index (κ1) is 15.5. The molecule has 1 fully saturated rings. The Morgan fingerprint density at radius 2 is 2.05 bits per heavy atom. The third-order valence-electron chi connectivity index (χ3n) is 3.70. The van der Waals surface area contributed by atoms with E-state index in [9.17, 15) is 9.59 Å². The molecule has 0 radical (unpaired) electrons. The van der Waals surface area contributed by atoms with Crippen molar-refractivity contribution in [1.82, 2.24) is 4.90 Å². The molecule has 2 rings (SSSR count). The van der Waals surface area contributed by atoms with E-state index >= 15 is 0 Å². The molecule has 1 aromatic rings. The monoisotopic (exact) mass is 289 g/mol. The summed E-state index contributed by atoms with van der Waals surface area (Å²) < 4.78 is 0. The van der Waals surface area contributed by atoms with Crippen molar-refractivity contribution >= 4 is 17.5 Å². The van der Waals surface area contributed by atoms with Gasteiger partial charge in [-0.05, 0) is 30.5 Å². The van der Waals surface area contributed by atoms with Crippen LogP contribution in [0.15, 0.2) is 24.3 Å². The molecule has 1 saturated heterocycles. The summed E-state index contributed by atoms with van der Waals surface area (Å²) in [4.78, 5) is 25.7. The Morgan fingerprint density at radius 1 is 1.24 bits per heavy atom. The number of likely N-dealkylation sites (tertiary alicyclic amines) is 1. The van der Waals surface area contributed by atoms with Gasteiger partial charge in [-0.1, -0.05) is 25.0 Å². The van der Waals surface area contributed by atoms with Crippen molar-refractivity contribution in [1.29, 1.82) is 0 Å². The topological polar surface area (TPSA) is 75.4 Å². The molecule has 5 heteroatoms. The number of nitrogens with two attached hydrogens (primary N) is 1. The molecule has 0 aromatic heterocycles. The number of rotatable bonds is 4. The number of hydrogen-bond acceptors (Lipinski definition) is 3. The number of amides is 2. The molecule has 1 aliphatic rings. The fourth-order valence-electron chi connectivity index (χ4n) is 2.53. The predicted molar refractivity (Wildman–Crippen MR) is 82.6 cm³/mol. The first-order valence-corrected chi connectivity index (χ1v) is 7.55. The molecule has 3 N–H and O–H groups in total. The fraction of sp³-hybridized carbons (Fsp3) is 0.500. The van der Waals surface area contributed by atoms with E-state index in [-0.39, 0.29) is 18.4 Å². The number of carbonyl (C=O) groups is 2. The molecule has 5 nitrogen and oxygen atoms in total. The number of nitrogens with zero attached hydrogens (tertiary/aromatic N) is 1. The lowest BCUT2D eigenvalue weighted by atomic mass is 10.1. The number of anilines is 1. The highest BCUT2D eigenvalue weighted by Crippen LogP contribution is 2.13. The van der Waals surface area contributed by atoms with Crippen LogP contribution in [0, 0.1) is 0 Å². The molecule has 0 aliphatic carbocycles. The first-order chi connectivity index (χ1) is 10.2. The van der Waals surface area contributed by atoms with E-state index in [1.54, 1.807) is 4.90 Å². The molecule has 1 heterocycles. The van der Waals surface area contributed by atoms with Gasteiger partial charge < -0.3 is 16.0 Å². The summed E-state index contributed by atoms with van der Waals surface area (Å²) in [5.41, 5.74) is 7.28. The summed E-state index contributed by atoms with van der Waals surface area (Å²) in [6.45, 7) is 1.25. The molecule has 0 saturated carbocycles. The van der Waals surface area contributed by atoms with E-state index in [2.05, 4.69) is 5.32 Å². The lowest BCUT2D eigenvalue weighted by molar-refractivity contribution is -0.135. The van der Waals surface area contributed by atoms with E-state index < -0.39 is 0 Å². The van der Waals surface area contributed by atoms with Gasteiger partial charge >= 0.3 is 0 Å². The van der Waals surface area contributed by atoms with E-state index in [4.69, 9.17) is 5.73 Å². The summed E-state index contributed by atoms with van der Waals surface area (Å²) in [6.07, 6.45) is 4.69. The zero-order valence-corrected chi connectivity index (χ0v) is 12.3. The van der Waals surface area contributed by atoms with Gasteiger partial charge in [-0.3, -0.25) is 9.59 Å². The van der Waals surface area contributed by atoms with E-state index in [0.29, 0.717) is 19.5 Å². The Kier molecular flexibility index (Phi) is 5.75. The van der Waals surface area contributed by atoms with Crippen LogP contribution in [-0.2, 0) is 16.1 Å². The summed E-state index contributed by atoms with van der Waals surface area (Å²) >= 11 is 0. The zero-order valence-electron chi connectivity index (χ0n) is 12.3. The SMILES string of the molecule is NCc1cccc(NC(=O)CN2CCCCCCC2=O)c1. The van der Waals surface area contributed by atoms with Crippen molar-refractivity contribution in [2.24, 2.45) is 5.73 Å². The smallest absolute Gasteiger partial charge is 0.243 e. The molecule has 0 bridgehead atoms. The number of nitrogens with one attached hydrogen (secondary N) is 1. The lowest BCUT2D eigenvalue weighted by Crippen LogP contribution is -2.39. The van der Waals surface area contributed by atoms with E-state index in [1.165, 1.54) is 0 Å². The maximum atomic E-state index is 12.1. The Bertz CT molecular complexity index is 502. The lowest BCUT2D eigenvalue weighted by Gasteiger charge is -2.24. The predicted octanol–water partition coefficient (Wildman–Crippen LogP) is 1.88. The van der Waals surface area contributed by atoms with Crippen molar-refractivity contribution in [2.45, 2.75) is 38.6 Å². The van der Waals surface area contributed by atoms with E-state index in [1.807, 2.05) is 24.3 Å². The second-order valence-corrected chi connectivity index (χ2v) is 5.43. The zero-order chi connectivity index (χ0) is 15.1. The third-order valence-corrected chi connectivity index (χ3v) is 3.70. The molecule has 114 valence electrons. The van der Waals surface area contributed by atoms with Crippen LogP contribution in [-0.4, -0.2) is 29.8 Å². The maximum absolute atomic E-state index is 12.1. The minimum absolute atomic E-state index is 0.0839. The van der Waals surface area contributed by atoms with Crippen molar-refractivity contribution in [3.8, 4) is 0 Å². The van der Waals surface area contributed by atoms with Gasteiger partial charge in [0.25, 0.3) is 0 Å². The van der Waals surface area contributed by atoms with Gasteiger partial charge in [0, 0.05) is 25.2 Å². The van der Waals surface area contributed by atoms with Gasteiger partial charge in [-0.25, -0.2) is 0 Å². The van der Waals surface area contributed by atoms with Gasteiger partial charge in [0.15, 0.2) is 0 Å². The van der Waals surface area contributed by atoms with Gasteiger partial charge in [0.05, 0.1) is 6.54 Å². The highest BCUT2D eigenvalue weighted by molar-refractivity contribution is 5.94. The van der Waals surface area contributed by atoms with Crippen LogP contribution in [0.2, 0.25) is 0 Å². The summed E-state index contributed by atoms with van der Waals surface area (Å²) in [6, 6.07) is 7.45. The number of carbonyl (C=O) groups excluding carboxylic acids is 2. The molecule has 0 unspecified atom stereocenters. The fourth-order valence-corrected chi connectivity index (χ4v) is 2.53. The minimum atomic E-state index is -0.155. The van der Waals surface area contributed by atoms with Crippen molar-refractivity contribution < 1.29 is 9.59 Å². The van der Waals surface area contributed by atoms with Gasteiger partial charge in [0.2, 0.25) is 11.8 Å². The van der Waals surface area contributed by atoms with Crippen LogP contribution < -0.4 is 11.1 Å². The van der Waals surface area contributed by atoms with Crippen LogP contribution in [0.1, 0.15) is 37.7 Å². The highest BCUT2D eigenvalue weighted by atomic mass is 16.2.